The molecule has 1 aliphatic rings. The summed E-state index contributed by atoms with van der Waals surface area (Å²) in [4.78, 5) is 0.299. The normalized spacial score (nSPS) is 19.7. The van der Waals surface area contributed by atoms with Gasteiger partial charge in [0.15, 0.2) is 0 Å². The Labute approximate surface area is 136 Å². The van der Waals surface area contributed by atoms with E-state index in [0.717, 1.165) is 17.5 Å². The minimum Gasteiger partial charge on any atom is -0.381 e. The summed E-state index contributed by atoms with van der Waals surface area (Å²) in [6.07, 6.45) is 0.922. The summed E-state index contributed by atoms with van der Waals surface area (Å²) in [6.45, 7) is 4.20. The van der Waals surface area contributed by atoms with Gasteiger partial charge in [-0.25, -0.2) is 8.42 Å². The van der Waals surface area contributed by atoms with E-state index in [1.807, 2.05) is 13.0 Å². The van der Waals surface area contributed by atoms with Crippen molar-refractivity contribution in [3.8, 4) is 0 Å². The number of halogens is 2. The highest BCUT2D eigenvalue weighted by Crippen LogP contribution is 2.29. The van der Waals surface area contributed by atoms with Crippen LogP contribution in [-0.2, 0) is 14.8 Å². The molecule has 0 bridgehead atoms. The molecule has 1 fully saturated rings. The maximum atomic E-state index is 12.8. The topological polar surface area (TPSA) is 46.6 Å². The van der Waals surface area contributed by atoms with Gasteiger partial charge in [-0.15, -0.1) is 0 Å². The van der Waals surface area contributed by atoms with Crippen molar-refractivity contribution in [2.75, 3.05) is 26.3 Å². The SMILES string of the molecule is CCN(CC1CCOC1)S(=O)(=O)c1cc(Br)ccc1Br. The van der Waals surface area contributed by atoms with Crippen molar-refractivity contribution in [2.45, 2.75) is 18.2 Å². The molecule has 1 aromatic rings. The van der Waals surface area contributed by atoms with E-state index in [1.54, 1.807) is 12.1 Å². The van der Waals surface area contributed by atoms with Gasteiger partial charge in [-0.1, -0.05) is 22.9 Å². The second kappa shape index (κ2) is 6.87. The lowest BCUT2D eigenvalue weighted by Crippen LogP contribution is -2.35. The zero-order valence-electron chi connectivity index (χ0n) is 11.2. The fourth-order valence-corrected chi connectivity index (χ4v) is 5.21. The third kappa shape index (κ3) is 3.62. The molecule has 0 aliphatic carbocycles. The molecule has 112 valence electrons. The number of rotatable bonds is 5. The summed E-state index contributed by atoms with van der Waals surface area (Å²) in [5.41, 5.74) is 0. The van der Waals surface area contributed by atoms with Crippen molar-refractivity contribution in [1.82, 2.24) is 4.31 Å². The number of hydrogen-bond acceptors (Lipinski definition) is 3. The average molecular weight is 427 g/mol. The molecule has 0 saturated carbocycles. The first-order valence-electron chi connectivity index (χ1n) is 6.48. The Hall–Kier alpha value is 0.0500. The van der Waals surface area contributed by atoms with Gasteiger partial charge in [0, 0.05) is 28.6 Å². The third-order valence-electron chi connectivity index (χ3n) is 3.35. The lowest BCUT2D eigenvalue weighted by atomic mass is 10.1. The van der Waals surface area contributed by atoms with Crippen molar-refractivity contribution in [3.05, 3.63) is 27.1 Å². The predicted molar refractivity (Wildman–Crippen MR) is 85.2 cm³/mol. The Morgan fingerprint density at radius 1 is 1.40 bits per heavy atom. The van der Waals surface area contributed by atoms with Gasteiger partial charge in [0.05, 0.1) is 11.5 Å². The number of sulfonamides is 1. The standard InChI is InChI=1S/C13H17Br2NO3S/c1-2-16(8-10-5-6-19-9-10)20(17,18)13-7-11(14)3-4-12(13)15/h3-4,7,10H,2,5-6,8-9H2,1H3. The van der Waals surface area contributed by atoms with Gasteiger partial charge < -0.3 is 4.74 Å². The zero-order valence-corrected chi connectivity index (χ0v) is 15.2. The maximum absolute atomic E-state index is 12.8. The van der Waals surface area contributed by atoms with Crippen LogP contribution in [0.1, 0.15) is 13.3 Å². The van der Waals surface area contributed by atoms with Crippen LogP contribution in [0.15, 0.2) is 32.0 Å². The van der Waals surface area contributed by atoms with Crippen LogP contribution in [0.3, 0.4) is 0 Å². The lowest BCUT2D eigenvalue weighted by molar-refractivity contribution is 0.181. The van der Waals surface area contributed by atoms with E-state index in [1.165, 1.54) is 4.31 Å². The summed E-state index contributed by atoms with van der Waals surface area (Å²) in [6, 6.07) is 5.18. The van der Waals surface area contributed by atoms with Crippen LogP contribution < -0.4 is 0 Å². The van der Waals surface area contributed by atoms with Crippen molar-refractivity contribution < 1.29 is 13.2 Å². The summed E-state index contributed by atoms with van der Waals surface area (Å²) in [5, 5.41) is 0. The van der Waals surface area contributed by atoms with E-state index in [9.17, 15) is 8.42 Å². The molecule has 1 unspecified atom stereocenters. The van der Waals surface area contributed by atoms with E-state index in [-0.39, 0.29) is 5.92 Å². The van der Waals surface area contributed by atoms with E-state index in [0.29, 0.717) is 29.1 Å². The van der Waals surface area contributed by atoms with E-state index in [4.69, 9.17) is 4.74 Å². The van der Waals surface area contributed by atoms with Crippen LogP contribution in [-0.4, -0.2) is 39.0 Å². The molecule has 0 amide bonds. The van der Waals surface area contributed by atoms with Gasteiger partial charge in [-0.05, 0) is 46.5 Å². The molecule has 0 radical (unpaired) electrons. The molecule has 1 heterocycles. The largest absolute Gasteiger partial charge is 0.381 e. The molecule has 0 N–H and O–H groups in total. The van der Waals surface area contributed by atoms with E-state index in [2.05, 4.69) is 31.9 Å². The molecule has 2 rings (SSSR count). The van der Waals surface area contributed by atoms with Crippen molar-refractivity contribution in [3.63, 3.8) is 0 Å². The molecule has 1 aromatic carbocycles. The molecule has 0 spiro atoms. The second-order valence-corrected chi connectivity index (χ2v) is 8.44. The first-order valence-corrected chi connectivity index (χ1v) is 9.50. The Morgan fingerprint density at radius 3 is 2.75 bits per heavy atom. The molecule has 1 aliphatic heterocycles. The number of ether oxygens (including phenoxy) is 1. The summed E-state index contributed by atoms with van der Waals surface area (Å²) in [5.74, 6) is 0.288. The van der Waals surface area contributed by atoms with E-state index < -0.39 is 10.0 Å². The van der Waals surface area contributed by atoms with Crippen LogP contribution >= 0.6 is 31.9 Å². The molecule has 7 heteroatoms. The van der Waals surface area contributed by atoms with Gasteiger partial charge in [0.2, 0.25) is 10.0 Å². The number of benzene rings is 1. The Kier molecular flexibility index (Phi) is 5.64. The van der Waals surface area contributed by atoms with Gasteiger partial charge in [-0.3, -0.25) is 0 Å². The number of nitrogens with zero attached hydrogens (tertiary/aromatic N) is 1. The number of hydrogen-bond donors (Lipinski definition) is 0. The average Bonchev–Trinajstić information content (AvgIpc) is 2.91. The lowest BCUT2D eigenvalue weighted by Gasteiger charge is -2.23. The molecule has 0 aromatic heterocycles. The summed E-state index contributed by atoms with van der Waals surface area (Å²) < 4.78 is 33.7. The fourth-order valence-electron chi connectivity index (χ4n) is 2.23. The highest BCUT2D eigenvalue weighted by molar-refractivity contribution is 9.11. The van der Waals surface area contributed by atoms with Gasteiger partial charge >= 0.3 is 0 Å². The molecule has 1 saturated heterocycles. The van der Waals surface area contributed by atoms with Crippen LogP contribution in [0.4, 0.5) is 0 Å². The van der Waals surface area contributed by atoms with Gasteiger partial charge in [0.25, 0.3) is 0 Å². The molecular formula is C13H17Br2NO3S. The molecule has 1 atom stereocenters. The van der Waals surface area contributed by atoms with Crippen molar-refractivity contribution in [1.29, 1.82) is 0 Å². The second-order valence-electron chi connectivity index (χ2n) is 4.76. The fraction of sp³-hybridized carbons (Fsp3) is 0.538. The van der Waals surface area contributed by atoms with E-state index >= 15 is 0 Å². The van der Waals surface area contributed by atoms with Gasteiger partial charge in [-0.2, -0.15) is 4.31 Å². The van der Waals surface area contributed by atoms with Crippen LogP contribution in [0.25, 0.3) is 0 Å². The molecule has 20 heavy (non-hydrogen) atoms. The van der Waals surface area contributed by atoms with Crippen molar-refractivity contribution in [2.24, 2.45) is 5.92 Å². The van der Waals surface area contributed by atoms with Gasteiger partial charge in [0.1, 0.15) is 0 Å². The Morgan fingerprint density at radius 2 is 2.15 bits per heavy atom. The zero-order chi connectivity index (χ0) is 14.8. The first-order chi connectivity index (χ1) is 9.45. The van der Waals surface area contributed by atoms with Crippen LogP contribution in [0.5, 0.6) is 0 Å². The first kappa shape index (κ1) is 16.4. The smallest absolute Gasteiger partial charge is 0.244 e. The highest BCUT2D eigenvalue weighted by Gasteiger charge is 2.29. The minimum absolute atomic E-state index is 0.288. The molecular weight excluding hydrogens is 410 g/mol. The van der Waals surface area contributed by atoms with Crippen molar-refractivity contribution >= 4 is 41.9 Å². The maximum Gasteiger partial charge on any atom is 0.244 e. The van der Waals surface area contributed by atoms with Crippen LogP contribution in [0, 0.1) is 5.92 Å². The Bertz CT molecular complexity index is 571. The summed E-state index contributed by atoms with van der Waals surface area (Å²) >= 11 is 6.65. The third-order valence-corrected chi connectivity index (χ3v) is 6.78. The minimum atomic E-state index is -3.49. The van der Waals surface area contributed by atoms with Crippen LogP contribution in [0.2, 0.25) is 0 Å². The Balaban J connectivity index is 2.28. The summed E-state index contributed by atoms with van der Waals surface area (Å²) in [7, 11) is -3.49. The highest BCUT2D eigenvalue weighted by atomic mass is 79.9. The monoisotopic (exact) mass is 425 g/mol. The quantitative estimate of drug-likeness (QED) is 0.725. The molecule has 4 nitrogen and oxygen atoms in total. The predicted octanol–water partition coefficient (Wildman–Crippen LogP) is 3.26.